The lowest BCUT2D eigenvalue weighted by atomic mass is 9.87. The molecule has 48 heavy (non-hydrogen) atoms. The van der Waals surface area contributed by atoms with Crippen LogP contribution in [0.5, 0.6) is 0 Å². The summed E-state index contributed by atoms with van der Waals surface area (Å²) in [4.78, 5) is 71.1. The average molecular weight is 735 g/mol. The number of halogens is 1. The highest BCUT2D eigenvalue weighted by Crippen LogP contribution is 2.44. The third-order valence-corrected chi connectivity index (χ3v) is 9.86. The molecule has 0 aromatic heterocycles. The van der Waals surface area contributed by atoms with Gasteiger partial charge in [0.05, 0.1) is 5.33 Å². The van der Waals surface area contributed by atoms with Crippen molar-refractivity contribution in [2.24, 2.45) is 10.6 Å². The molecule has 3 atom stereocenters. The molecule has 3 aromatic carbocycles. The summed E-state index contributed by atoms with van der Waals surface area (Å²) in [5, 5.41) is 5.39. The minimum absolute atomic E-state index is 0.00395. The maximum Gasteiger partial charge on any atom is 0.347 e. The predicted molar refractivity (Wildman–Crippen MR) is 182 cm³/mol. The molecule has 5 rings (SSSR count). The van der Waals surface area contributed by atoms with E-state index in [-0.39, 0.29) is 24.2 Å². The molecule has 0 aliphatic carbocycles. The quantitative estimate of drug-likeness (QED) is 0.0496. The second kappa shape index (κ2) is 15.9. The third-order valence-electron chi connectivity index (χ3n) is 7.80. The number of ketones is 1. The number of Topliss-reactive ketones (excluding diaryl/α,β-unsaturated/α-hetero) is 1. The second-order valence-corrected chi connectivity index (χ2v) is 12.7. The number of thioether (sulfide) groups is 1. The van der Waals surface area contributed by atoms with E-state index in [9.17, 15) is 24.0 Å². The van der Waals surface area contributed by atoms with Gasteiger partial charge in [0, 0.05) is 12.3 Å². The molecule has 11 nitrogen and oxygen atoms in total. The highest BCUT2D eigenvalue weighted by Gasteiger charge is 2.57. The van der Waals surface area contributed by atoms with Crippen LogP contribution in [0.1, 0.15) is 22.8 Å². The number of hydrogen-bond donors (Lipinski definition) is 1. The van der Waals surface area contributed by atoms with Gasteiger partial charge < -0.3 is 24.5 Å². The van der Waals surface area contributed by atoms with Crippen LogP contribution in [-0.2, 0) is 44.9 Å². The number of carbonyl (C=O) groups excluding carboxylic acids is 5. The molecule has 248 valence electrons. The molecule has 2 heterocycles. The lowest BCUT2D eigenvalue weighted by molar-refractivity contribution is -0.162. The number of carbonyl (C=O) groups is 5. The molecule has 0 spiro atoms. The molecule has 2 amide bonds. The molecule has 1 N–H and O–H groups in total. The molecular weight excluding hydrogens is 702 g/mol. The van der Waals surface area contributed by atoms with Crippen molar-refractivity contribution in [2.75, 3.05) is 24.2 Å². The molecule has 0 bridgehead atoms. The molecule has 0 radical (unpaired) electrons. The number of benzene rings is 3. The summed E-state index contributed by atoms with van der Waals surface area (Å²) in [5.74, 6) is -3.15. The number of alkyl halides is 1. The summed E-state index contributed by atoms with van der Waals surface area (Å²) < 4.78 is 11.2. The van der Waals surface area contributed by atoms with E-state index in [2.05, 4.69) is 33.0 Å². The smallest absolute Gasteiger partial charge is 0.347 e. The number of β-lactam (4-membered cyclic amide) rings is 1. The Morgan fingerprint density at radius 2 is 1.60 bits per heavy atom. The summed E-state index contributed by atoms with van der Waals surface area (Å²) in [7, 11) is 0. The molecule has 2 fully saturated rings. The Balaban J connectivity index is 1.20. The molecule has 2 aliphatic heterocycles. The third kappa shape index (κ3) is 7.85. The monoisotopic (exact) mass is 733 g/mol. The van der Waals surface area contributed by atoms with Crippen molar-refractivity contribution in [3.8, 4) is 0 Å². The Hall–Kier alpha value is -4.75. The lowest BCUT2D eigenvalue weighted by Gasteiger charge is -2.53. The topological polar surface area (TPSA) is 141 Å². The molecule has 2 unspecified atom stereocenters. The van der Waals surface area contributed by atoms with Crippen LogP contribution in [0.2, 0.25) is 0 Å². The van der Waals surface area contributed by atoms with Gasteiger partial charge in [0.25, 0.3) is 5.91 Å². The van der Waals surface area contributed by atoms with E-state index in [1.54, 1.807) is 24.3 Å². The first kappa shape index (κ1) is 34.6. The summed E-state index contributed by atoms with van der Waals surface area (Å²) >= 11 is 4.30. The highest BCUT2D eigenvalue weighted by atomic mass is 79.9. The minimum Gasteiger partial charge on any atom is -0.458 e. The van der Waals surface area contributed by atoms with Crippen LogP contribution in [0.25, 0.3) is 0 Å². The minimum atomic E-state index is -1.20. The highest BCUT2D eigenvalue weighted by molar-refractivity contribution is 9.09. The van der Waals surface area contributed by atoms with Gasteiger partial charge in [0.1, 0.15) is 23.4 Å². The normalized spacial score (nSPS) is 20.2. The predicted octanol–water partition coefficient (Wildman–Crippen LogP) is 3.97. The van der Waals surface area contributed by atoms with Crippen LogP contribution in [0.3, 0.4) is 0 Å². The van der Waals surface area contributed by atoms with Crippen molar-refractivity contribution >= 4 is 62.9 Å². The van der Waals surface area contributed by atoms with Gasteiger partial charge in [-0.2, -0.15) is 0 Å². The van der Waals surface area contributed by atoms with Crippen LogP contribution in [0, 0.1) is 5.41 Å². The van der Waals surface area contributed by atoms with Crippen LogP contribution in [-0.4, -0.2) is 75.8 Å². The van der Waals surface area contributed by atoms with Crippen molar-refractivity contribution in [1.82, 2.24) is 10.2 Å². The Kier molecular flexibility index (Phi) is 11.5. The first-order chi connectivity index (χ1) is 23.3. The standard InChI is InChI=1S/C35H32BrN3O8S/c1-2-35(34(44)47-30(24-14-8-4-9-15-24)25-16-10-5-11-17-25)21-39-32(43)29(33(39)48-22-35)37-31(42)28(26(40)18-36)38-46-20-27(41)45-19-23-12-6-3-7-13-23/h2-17,29-30,33H,1,18-22H2,(H,37,42)/t29?,33-,35?/m1/s1. The average Bonchev–Trinajstić information content (AvgIpc) is 3.14. The van der Waals surface area contributed by atoms with Crippen molar-refractivity contribution in [1.29, 1.82) is 0 Å². The fourth-order valence-corrected chi connectivity index (χ4v) is 6.95. The van der Waals surface area contributed by atoms with Crippen molar-refractivity contribution in [3.05, 3.63) is 120 Å². The fourth-order valence-electron chi connectivity index (χ4n) is 5.15. The number of oxime groups is 1. The van der Waals surface area contributed by atoms with E-state index >= 15 is 0 Å². The van der Waals surface area contributed by atoms with E-state index in [4.69, 9.17) is 14.3 Å². The van der Waals surface area contributed by atoms with E-state index in [0.29, 0.717) is 0 Å². The van der Waals surface area contributed by atoms with Gasteiger partial charge in [-0.15, -0.1) is 18.3 Å². The second-order valence-electron chi connectivity index (χ2n) is 11.0. The van der Waals surface area contributed by atoms with Gasteiger partial charge in [0.2, 0.25) is 24.0 Å². The SMILES string of the molecule is C=CC1(C(=O)OC(c2ccccc2)c2ccccc2)CS[C@@H]2C(NC(=O)C(=NOCC(=O)OCc3ccccc3)C(=O)CBr)C(=O)N2C1. The number of rotatable bonds is 14. The number of fused-ring (bicyclic) bond motifs is 1. The zero-order valence-electron chi connectivity index (χ0n) is 25.7. The van der Waals surface area contributed by atoms with Crippen LogP contribution in [0.15, 0.2) is 109 Å². The number of ether oxygens (including phenoxy) is 2. The number of nitrogens with one attached hydrogen (secondary N) is 1. The van der Waals surface area contributed by atoms with Crippen LogP contribution in [0.4, 0.5) is 0 Å². The van der Waals surface area contributed by atoms with E-state index in [1.165, 1.54) is 22.7 Å². The van der Waals surface area contributed by atoms with Crippen molar-refractivity contribution in [3.63, 3.8) is 0 Å². The Bertz CT molecular complexity index is 1650. The van der Waals surface area contributed by atoms with Crippen molar-refractivity contribution < 1.29 is 38.3 Å². The van der Waals surface area contributed by atoms with E-state index < -0.39 is 64.8 Å². The fraction of sp³-hybridized carbons (Fsp3) is 0.257. The largest absolute Gasteiger partial charge is 0.458 e. The molecule has 0 saturated carbocycles. The zero-order valence-corrected chi connectivity index (χ0v) is 28.1. The molecule has 2 aliphatic rings. The van der Waals surface area contributed by atoms with Gasteiger partial charge in [-0.25, -0.2) is 4.79 Å². The summed E-state index contributed by atoms with van der Waals surface area (Å²) in [6.45, 7) is 3.29. The van der Waals surface area contributed by atoms with Crippen LogP contribution >= 0.6 is 27.7 Å². The van der Waals surface area contributed by atoms with E-state index in [0.717, 1.165) is 16.7 Å². The number of esters is 2. The molecule has 13 heteroatoms. The van der Waals surface area contributed by atoms with Gasteiger partial charge in [-0.05, 0) is 16.7 Å². The Morgan fingerprint density at radius 1 is 1.00 bits per heavy atom. The molecular formula is C35H32BrN3O8S. The van der Waals surface area contributed by atoms with Crippen molar-refractivity contribution in [2.45, 2.75) is 24.1 Å². The van der Waals surface area contributed by atoms with E-state index in [1.807, 2.05) is 66.7 Å². The van der Waals surface area contributed by atoms with Gasteiger partial charge in [0.15, 0.2) is 6.10 Å². The maximum absolute atomic E-state index is 13.8. The summed E-state index contributed by atoms with van der Waals surface area (Å²) in [5.41, 5.74) is 0.545. The molecule has 2 saturated heterocycles. The number of nitrogens with zero attached hydrogens (tertiary/aromatic N) is 2. The number of hydrogen-bond acceptors (Lipinski definition) is 10. The lowest BCUT2D eigenvalue weighted by Crippen LogP contribution is -2.74. The van der Waals surface area contributed by atoms with Gasteiger partial charge in [-0.3, -0.25) is 19.2 Å². The number of amides is 2. The first-order valence-corrected chi connectivity index (χ1v) is 17.1. The van der Waals surface area contributed by atoms with Gasteiger partial charge in [-0.1, -0.05) is 118 Å². The summed E-state index contributed by atoms with van der Waals surface area (Å²) in [6.07, 6.45) is 0.836. The zero-order chi connectivity index (χ0) is 34.1. The Morgan fingerprint density at radius 3 is 2.19 bits per heavy atom. The summed E-state index contributed by atoms with van der Waals surface area (Å²) in [6, 6.07) is 26.8. The Labute approximate surface area is 289 Å². The van der Waals surface area contributed by atoms with Crippen LogP contribution < -0.4 is 5.32 Å². The maximum atomic E-state index is 13.8. The van der Waals surface area contributed by atoms with Gasteiger partial charge >= 0.3 is 11.9 Å². The molecule has 3 aromatic rings. The first-order valence-electron chi connectivity index (χ1n) is 14.9.